The number of rotatable bonds is 5. The molecular formula is C15H16FNO2S. The molecule has 0 bridgehead atoms. The lowest BCUT2D eigenvalue weighted by atomic mass is 10.1. The second-order valence-electron chi connectivity index (χ2n) is 4.45. The highest BCUT2D eigenvalue weighted by molar-refractivity contribution is 7.10. The van der Waals surface area contributed by atoms with E-state index in [1.165, 1.54) is 19.2 Å². The number of ether oxygens (including phenoxy) is 1. The lowest BCUT2D eigenvalue weighted by Gasteiger charge is -2.12. The van der Waals surface area contributed by atoms with Crippen LogP contribution in [0.1, 0.15) is 23.4 Å². The quantitative estimate of drug-likeness (QED) is 0.918. The Balaban J connectivity index is 1.96. The molecule has 0 saturated carbocycles. The number of benzene rings is 1. The summed E-state index contributed by atoms with van der Waals surface area (Å²) in [5.41, 5.74) is 0.624. The Bertz CT molecular complexity index is 584. The van der Waals surface area contributed by atoms with Crippen LogP contribution in [0.15, 0.2) is 35.7 Å². The third-order valence-electron chi connectivity index (χ3n) is 2.93. The standard InChI is InChI=1S/C15H16FNO2S/c1-10(14-4-3-7-20-14)17-15(18)9-11-5-6-13(19-2)12(16)8-11/h3-8,10H,9H2,1-2H3,(H,17,18)/t10-/m0/s1. The maximum absolute atomic E-state index is 13.5. The molecule has 0 saturated heterocycles. The number of nitrogens with one attached hydrogen (secondary N) is 1. The van der Waals surface area contributed by atoms with Gasteiger partial charge in [0.05, 0.1) is 19.6 Å². The van der Waals surface area contributed by atoms with Gasteiger partial charge in [-0.25, -0.2) is 4.39 Å². The van der Waals surface area contributed by atoms with Gasteiger partial charge in [-0.2, -0.15) is 0 Å². The molecule has 5 heteroatoms. The second kappa shape index (κ2) is 6.52. The van der Waals surface area contributed by atoms with Crippen LogP contribution in [0, 0.1) is 5.82 Å². The van der Waals surface area contributed by atoms with Crippen LogP contribution in [-0.4, -0.2) is 13.0 Å². The van der Waals surface area contributed by atoms with Gasteiger partial charge in [0.25, 0.3) is 0 Å². The molecule has 0 aliphatic carbocycles. The molecule has 1 amide bonds. The molecule has 0 fully saturated rings. The Morgan fingerprint density at radius 1 is 1.45 bits per heavy atom. The summed E-state index contributed by atoms with van der Waals surface area (Å²) >= 11 is 1.60. The van der Waals surface area contributed by atoms with E-state index < -0.39 is 5.82 Å². The zero-order valence-electron chi connectivity index (χ0n) is 11.4. The Morgan fingerprint density at radius 2 is 2.25 bits per heavy atom. The highest BCUT2D eigenvalue weighted by Gasteiger charge is 2.12. The van der Waals surface area contributed by atoms with E-state index in [2.05, 4.69) is 5.32 Å². The van der Waals surface area contributed by atoms with Gasteiger partial charge in [-0.3, -0.25) is 4.79 Å². The number of amides is 1. The summed E-state index contributed by atoms with van der Waals surface area (Å²) in [7, 11) is 1.41. The third kappa shape index (κ3) is 3.57. The van der Waals surface area contributed by atoms with Crippen molar-refractivity contribution in [3.63, 3.8) is 0 Å². The Labute approximate surface area is 121 Å². The summed E-state index contributed by atoms with van der Waals surface area (Å²) in [5.74, 6) is -0.402. The van der Waals surface area contributed by atoms with Crippen LogP contribution in [0.5, 0.6) is 5.75 Å². The molecule has 3 nitrogen and oxygen atoms in total. The van der Waals surface area contributed by atoms with E-state index in [-0.39, 0.29) is 24.1 Å². The van der Waals surface area contributed by atoms with E-state index in [4.69, 9.17) is 4.74 Å². The van der Waals surface area contributed by atoms with Crippen molar-refractivity contribution in [2.75, 3.05) is 7.11 Å². The van der Waals surface area contributed by atoms with Gasteiger partial charge in [0, 0.05) is 4.88 Å². The van der Waals surface area contributed by atoms with Gasteiger partial charge in [0.2, 0.25) is 5.91 Å². The van der Waals surface area contributed by atoms with Gasteiger partial charge >= 0.3 is 0 Å². The number of thiophene rings is 1. The van der Waals surface area contributed by atoms with Crippen molar-refractivity contribution >= 4 is 17.2 Å². The fourth-order valence-corrected chi connectivity index (χ4v) is 2.64. The molecule has 1 heterocycles. The summed E-state index contributed by atoms with van der Waals surface area (Å²) in [5, 5.41) is 4.87. The predicted octanol–water partition coefficient (Wildman–Crippen LogP) is 3.32. The molecule has 2 aromatic rings. The van der Waals surface area contributed by atoms with Crippen molar-refractivity contribution in [2.24, 2.45) is 0 Å². The highest BCUT2D eigenvalue weighted by Crippen LogP contribution is 2.20. The molecule has 20 heavy (non-hydrogen) atoms. The third-order valence-corrected chi connectivity index (χ3v) is 3.98. The highest BCUT2D eigenvalue weighted by atomic mass is 32.1. The van der Waals surface area contributed by atoms with Crippen LogP contribution >= 0.6 is 11.3 Å². The maximum atomic E-state index is 13.5. The van der Waals surface area contributed by atoms with Gasteiger partial charge in [0.1, 0.15) is 0 Å². The SMILES string of the molecule is COc1ccc(CC(=O)N[C@@H](C)c2cccs2)cc1F. The molecule has 1 aromatic carbocycles. The fraction of sp³-hybridized carbons (Fsp3) is 0.267. The molecular weight excluding hydrogens is 277 g/mol. The van der Waals surface area contributed by atoms with E-state index in [1.807, 2.05) is 24.4 Å². The first-order valence-corrected chi connectivity index (χ1v) is 7.13. The van der Waals surface area contributed by atoms with Crippen LogP contribution in [0.4, 0.5) is 4.39 Å². The van der Waals surface area contributed by atoms with E-state index in [0.29, 0.717) is 5.56 Å². The van der Waals surface area contributed by atoms with E-state index >= 15 is 0 Å². The number of methoxy groups -OCH3 is 1. The largest absolute Gasteiger partial charge is 0.494 e. The number of hydrogen-bond acceptors (Lipinski definition) is 3. The van der Waals surface area contributed by atoms with Crippen LogP contribution in [0.2, 0.25) is 0 Å². The van der Waals surface area contributed by atoms with Crippen molar-refractivity contribution in [2.45, 2.75) is 19.4 Å². The minimum absolute atomic E-state index is 0.0365. The normalized spacial score (nSPS) is 11.9. The first kappa shape index (κ1) is 14.5. The number of hydrogen-bond donors (Lipinski definition) is 1. The summed E-state index contributed by atoms with van der Waals surface area (Å²) < 4.78 is 18.4. The molecule has 1 N–H and O–H groups in total. The Morgan fingerprint density at radius 3 is 2.85 bits per heavy atom. The van der Waals surface area contributed by atoms with Gasteiger partial charge in [0.15, 0.2) is 11.6 Å². The molecule has 1 aromatic heterocycles. The number of carbonyl (C=O) groups is 1. The predicted molar refractivity (Wildman–Crippen MR) is 77.5 cm³/mol. The average molecular weight is 293 g/mol. The fourth-order valence-electron chi connectivity index (χ4n) is 1.91. The van der Waals surface area contributed by atoms with Crippen molar-refractivity contribution in [3.05, 3.63) is 52.0 Å². The minimum Gasteiger partial charge on any atom is -0.494 e. The average Bonchev–Trinajstić information content (AvgIpc) is 2.92. The van der Waals surface area contributed by atoms with Crippen LogP contribution in [-0.2, 0) is 11.2 Å². The van der Waals surface area contributed by atoms with Gasteiger partial charge < -0.3 is 10.1 Å². The zero-order chi connectivity index (χ0) is 14.5. The van der Waals surface area contributed by atoms with Crippen molar-refractivity contribution in [3.8, 4) is 5.75 Å². The van der Waals surface area contributed by atoms with Crippen molar-refractivity contribution in [1.29, 1.82) is 0 Å². The van der Waals surface area contributed by atoms with Crippen molar-refractivity contribution < 1.29 is 13.9 Å². The van der Waals surface area contributed by atoms with Crippen molar-refractivity contribution in [1.82, 2.24) is 5.32 Å². The lowest BCUT2D eigenvalue weighted by Crippen LogP contribution is -2.27. The van der Waals surface area contributed by atoms with Crippen LogP contribution in [0.25, 0.3) is 0 Å². The minimum atomic E-state index is -0.455. The Hall–Kier alpha value is -1.88. The molecule has 0 aliphatic rings. The Kier molecular flexibility index (Phi) is 4.74. The molecule has 1 atom stereocenters. The zero-order valence-corrected chi connectivity index (χ0v) is 12.2. The maximum Gasteiger partial charge on any atom is 0.224 e. The second-order valence-corrected chi connectivity index (χ2v) is 5.43. The molecule has 0 radical (unpaired) electrons. The molecule has 106 valence electrons. The van der Waals surface area contributed by atoms with E-state index in [1.54, 1.807) is 17.4 Å². The number of carbonyl (C=O) groups excluding carboxylic acids is 1. The van der Waals surface area contributed by atoms with Gasteiger partial charge in [-0.1, -0.05) is 12.1 Å². The van der Waals surface area contributed by atoms with Gasteiger partial charge in [-0.15, -0.1) is 11.3 Å². The monoisotopic (exact) mass is 293 g/mol. The van der Waals surface area contributed by atoms with Crippen LogP contribution < -0.4 is 10.1 Å². The smallest absolute Gasteiger partial charge is 0.224 e. The summed E-state index contributed by atoms with van der Waals surface area (Å²) in [4.78, 5) is 13.0. The summed E-state index contributed by atoms with van der Waals surface area (Å²) in [6, 6.07) is 8.43. The number of halogens is 1. The molecule has 0 unspecified atom stereocenters. The summed E-state index contributed by atoms with van der Waals surface area (Å²) in [6.07, 6.45) is 0.149. The van der Waals surface area contributed by atoms with E-state index in [0.717, 1.165) is 4.88 Å². The lowest BCUT2D eigenvalue weighted by molar-refractivity contribution is -0.121. The summed E-state index contributed by atoms with van der Waals surface area (Å²) in [6.45, 7) is 1.93. The topological polar surface area (TPSA) is 38.3 Å². The molecule has 0 spiro atoms. The molecule has 0 aliphatic heterocycles. The molecule has 2 rings (SSSR count). The van der Waals surface area contributed by atoms with Crippen LogP contribution in [0.3, 0.4) is 0 Å². The first-order chi connectivity index (χ1) is 9.60. The van der Waals surface area contributed by atoms with Gasteiger partial charge in [-0.05, 0) is 36.1 Å². The van der Waals surface area contributed by atoms with E-state index in [9.17, 15) is 9.18 Å². The first-order valence-electron chi connectivity index (χ1n) is 6.25.